The van der Waals surface area contributed by atoms with Gasteiger partial charge < -0.3 is 9.84 Å². The third-order valence-corrected chi connectivity index (χ3v) is 5.84. The summed E-state index contributed by atoms with van der Waals surface area (Å²) in [5.41, 5.74) is 1.66. The Morgan fingerprint density at radius 2 is 1.70 bits per heavy atom. The minimum atomic E-state index is -0.828. The number of anilines is 1. The van der Waals surface area contributed by atoms with E-state index in [0.29, 0.717) is 22.6 Å². The number of carbonyl (C=O) groups excluding carboxylic acids is 2. The van der Waals surface area contributed by atoms with E-state index in [4.69, 9.17) is 4.74 Å². The zero-order chi connectivity index (χ0) is 22.9. The van der Waals surface area contributed by atoms with Gasteiger partial charge in [-0.3, -0.25) is 19.5 Å². The van der Waals surface area contributed by atoms with Crippen molar-refractivity contribution in [2.75, 3.05) is 12.0 Å². The average molecular weight is 436 g/mol. The highest BCUT2D eigenvalue weighted by Crippen LogP contribution is 2.43. The van der Waals surface area contributed by atoms with Gasteiger partial charge in [0, 0.05) is 23.6 Å². The molecule has 4 aromatic rings. The highest BCUT2D eigenvalue weighted by atomic mass is 16.5. The van der Waals surface area contributed by atoms with Gasteiger partial charge in [-0.05, 0) is 46.7 Å². The number of nitrogens with zero attached hydrogens (tertiary/aromatic N) is 2. The fraction of sp³-hybridized carbons (Fsp3) is 0.0741. The Morgan fingerprint density at radius 3 is 2.42 bits per heavy atom. The van der Waals surface area contributed by atoms with E-state index >= 15 is 0 Å². The number of benzene rings is 3. The predicted octanol–water partition coefficient (Wildman–Crippen LogP) is 4.87. The fourth-order valence-corrected chi connectivity index (χ4v) is 4.27. The third kappa shape index (κ3) is 3.42. The Bertz CT molecular complexity index is 1390. The van der Waals surface area contributed by atoms with Crippen LogP contribution in [0.15, 0.2) is 96.8 Å². The second-order valence-corrected chi connectivity index (χ2v) is 7.68. The molecule has 1 aromatic heterocycles. The molecule has 2 heterocycles. The van der Waals surface area contributed by atoms with Gasteiger partial charge in [0.1, 0.15) is 11.5 Å². The summed E-state index contributed by atoms with van der Waals surface area (Å²) in [5.74, 6) is -1.04. The maximum Gasteiger partial charge on any atom is 0.300 e. The van der Waals surface area contributed by atoms with Crippen molar-refractivity contribution in [3.05, 3.63) is 108 Å². The van der Waals surface area contributed by atoms with Gasteiger partial charge in [-0.1, -0.05) is 48.5 Å². The zero-order valence-electron chi connectivity index (χ0n) is 17.8. The van der Waals surface area contributed by atoms with Gasteiger partial charge in [-0.15, -0.1) is 0 Å². The number of hydrogen-bond acceptors (Lipinski definition) is 5. The molecule has 5 rings (SSSR count). The molecule has 3 aromatic carbocycles. The van der Waals surface area contributed by atoms with E-state index in [1.165, 1.54) is 4.90 Å². The second kappa shape index (κ2) is 8.24. The minimum Gasteiger partial charge on any atom is -0.507 e. The Balaban J connectivity index is 1.74. The van der Waals surface area contributed by atoms with Crippen LogP contribution in [0.2, 0.25) is 0 Å². The number of ether oxygens (including phenoxy) is 1. The van der Waals surface area contributed by atoms with Gasteiger partial charge in [0.2, 0.25) is 0 Å². The lowest BCUT2D eigenvalue weighted by molar-refractivity contribution is -0.132. The number of carbonyl (C=O) groups is 2. The van der Waals surface area contributed by atoms with Crippen LogP contribution >= 0.6 is 0 Å². The van der Waals surface area contributed by atoms with Crippen molar-refractivity contribution in [1.82, 2.24) is 4.98 Å². The first-order valence-electron chi connectivity index (χ1n) is 10.4. The summed E-state index contributed by atoms with van der Waals surface area (Å²) in [4.78, 5) is 32.1. The molecule has 162 valence electrons. The molecule has 1 unspecified atom stereocenters. The summed E-state index contributed by atoms with van der Waals surface area (Å²) in [5, 5.41) is 13.1. The summed E-state index contributed by atoms with van der Waals surface area (Å²) in [6, 6.07) is 22.6. The molecule has 1 atom stereocenters. The van der Waals surface area contributed by atoms with Crippen LogP contribution in [-0.2, 0) is 9.59 Å². The largest absolute Gasteiger partial charge is 0.507 e. The third-order valence-electron chi connectivity index (χ3n) is 5.84. The molecular weight excluding hydrogens is 416 g/mol. The summed E-state index contributed by atoms with van der Waals surface area (Å²) >= 11 is 0. The van der Waals surface area contributed by atoms with E-state index in [0.717, 1.165) is 10.8 Å². The Kier molecular flexibility index (Phi) is 5.11. The van der Waals surface area contributed by atoms with Crippen molar-refractivity contribution in [1.29, 1.82) is 0 Å². The molecular formula is C27H20N2O4. The van der Waals surface area contributed by atoms with E-state index in [2.05, 4.69) is 4.98 Å². The number of aliphatic hydroxyl groups excluding tert-OH is 1. The van der Waals surface area contributed by atoms with Gasteiger partial charge in [0.05, 0.1) is 18.7 Å². The lowest BCUT2D eigenvalue weighted by Gasteiger charge is -2.25. The summed E-state index contributed by atoms with van der Waals surface area (Å²) < 4.78 is 5.22. The number of aromatic nitrogens is 1. The van der Waals surface area contributed by atoms with E-state index in [9.17, 15) is 14.7 Å². The van der Waals surface area contributed by atoms with Crippen LogP contribution in [0.4, 0.5) is 5.69 Å². The summed E-state index contributed by atoms with van der Waals surface area (Å²) in [6.07, 6.45) is 3.22. The average Bonchev–Trinajstić information content (AvgIpc) is 3.14. The molecule has 0 radical (unpaired) electrons. The van der Waals surface area contributed by atoms with Crippen LogP contribution in [-0.4, -0.2) is 28.9 Å². The van der Waals surface area contributed by atoms with Crippen molar-refractivity contribution >= 4 is 33.9 Å². The van der Waals surface area contributed by atoms with Crippen molar-refractivity contribution < 1.29 is 19.4 Å². The van der Waals surface area contributed by atoms with Gasteiger partial charge >= 0.3 is 0 Å². The number of pyridine rings is 1. The number of amides is 1. The van der Waals surface area contributed by atoms with Crippen LogP contribution in [0.1, 0.15) is 17.2 Å². The maximum atomic E-state index is 13.3. The molecule has 1 aliphatic rings. The van der Waals surface area contributed by atoms with Crippen LogP contribution < -0.4 is 9.64 Å². The van der Waals surface area contributed by atoms with Gasteiger partial charge in [0.25, 0.3) is 11.7 Å². The van der Waals surface area contributed by atoms with Gasteiger partial charge in [-0.25, -0.2) is 0 Å². The van der Waals surface area contributed by atoms with E-state index in [-0.39, 0.29) is 11.3 Å². The molecule has 33 heavy (non-hydrogen) atoms. The van der Waals surface area contributed by atoms with E-state index in [1.807, 2.05) is 36.4 Å². The van der Waals surface area contributed by atoms with E-state index in [1.54, 1.807) is 62.0 Å². The van der Waals surface area contributed by atoms with Crippen molar-refractivity contribution in [3.8, 4) is 5.75 Å². The lowest BCUT2D eigenvalue weighted by atomic mass is 9.94. The zero-order valence-corrected chi connectivity index (χ0v) is 17.8. The molecule has 1 aliphatic heterocycles. The molecule has 6 nitrogen and oxygen atoms in total. The molecule has 0 spiro atoms. The number of methoxy groups -OCH3 is 1. The van der Waals surface area contributed by atoms with E-state index < -0.39 is 17.7 Å². The topological polar surface area (TPSA) is 79.7 Å². The summed E-state index contributed by atoms with van der Waals surface area (Å²) in [7, 11) is 1.56. The Hall–Kier alpha value is -4.45. The normalized spacial score (nSPS) is 17.5. The number of fused-ring (bicyclic) bond motifs is 1. The number of rotatable bonds is 4. The minimum absolute atomic E-state index is 0.0279. The molecule has 0 aliphatic carbocycles. The van der Waals surface area contributed by atoms with Gasteiger partial charge in [0.15, 0.2) is 0 Å². The molecule has 6 heteroatoms. The second-order valence-electron chi connectivity index (χ2n) is 7.68. The van der Waals surface area contributed by atoms with Gasteiger partial charge in [-0.2, -0.15) is 0 Å². The molecule has 1 amide bonds. The predicted molar refractivity (Wildman–Crippen MR) is 126 cm³/mol. The highest BCUT2D eigenvalue weighted by molar-refractivity contribution is 6.51. The number of hydrogen-bond donors (Lipinski definition) is 1. The van der Waals surface area contributed by atoms with Crippen molar-refractivity contribution in [2.24, 2.45) is 0 Å². The summed E-state index contributed by atoms with van der Waals surface area (Å²) in [6.45, 7) is 0. The quantitative estimate of drug-likeness (QED) is 0.281. The maximum absolute atomic E-state index is 13.3. The highest BCUT2D eigenvalue weighted by Gasteiger charge is 2.47. The Labute approximate surface area is 190 Å². The van der Waals surface area contributed by atoms with Crippen LogP contribution in [0.25, 0.3) is 16.5 Å². The number of Topliss-reactive ketones (excluding diaryl/α,β-unsaturated/α-hetero) is 1. The monoisotopic (exact) mass is 436 g/mol. The SMILES string of the molecule is COc1ccc(N2C(=O)C(=O)/C(=C(\O)c3cccc4ccccc34)C2c2cccnc2)cc1. The molecule has 0 bridgehead atoms. The van der Waals surface area contributed by atoms with Crippen LogP contribution in [0.5, 0.6) is 5.75 Å². The fourth-order valence-electron chi connectivity index (χ4n) is 4.27. The first kappa shape index (κ1) is 20.5. The Morgan fingerprint density at radius 1 is 0.939 bits per heavy atom. The van der Waals surface area contributed by atoms with Crippen LogP contribution in [0, 0.1) is 0 Å². The number of ketones is 1. The lowest BCUT2D eigenvalue weighted by Crippen LogP contribution is -2.29. The number of aliphatic hydroxyl groups is 1. The molecule has 1 fully saturated rings. The molecule has 1 N–H and O–H groups in total. The van der Waals surface area contributed by atoms with Crippen molar-refractivity contribution in [2.45, 2.75) is 6.04 Å². The van der Waals surface area contributed by atoms with Crippen molar-refractivity contribution in [3.63, 3.8) is 0 Å². The smallest absolute Gasteiger partial charge is 0.300 e. The van der Waals surface area contributed by atoms with Crippen LogP contribution in [0.3, 0.4) is 0 Å². The first-order chi connectivity index (χ1) is 16.1. The molecule has 0 saturated carbocycles. The standard InChI is InChI=1S/C27H20N2O4/c1-33-20-13-11-19(12-14-20)29-24(18-8-5-15-28-16-18)23(26(31)27(29)32)25(30)22-10-4-7-17-6-2-3-9-21(17)22/h2-16,24,30H,1H3/b25-23-. The first-order valence-corrected chi connectivity index (χ1v) is 10.4. The molecule has 1 saturated heterocycles.